The first kappa shape index (κ1) is 17.6. The first-order valence-electron chi connectivity index (χ1n) is 6.89. The van der Waals surface area contributed by atoms with Gasteiger partial charge in [0.05, 0.1) is 19.1 Å². The van der Waals surface area contributed by atoms with E-state index >= 15 is 0 Å². The zero-order valence-electron chi connectivity index (χ0n) is 13.0. The molecule has 0 spiro atoms. The van der Waals surface area contributed by atoms with Gasteiger partial charge in [0.1, 0.15) is 5.56 Å². The number of hydrogen-bond donors (Lipinski definition) is 1. The van der Waals surface area contributed by atoms with Crippen molar-refractivity contribution in [3.8, 4) is 11.5 Å². The van der Waals surface area contributed by atoms with E-state index in [1.54, 1.807) is 18.2 Å². The minimum absolute atomic E-state index is 0.0898. The zero-order valence-corrected chi connectivity index (χ0v) is 13.8. The Morgan fingerprint density at radius 3 is 2.50 bits per heavy atom. The van der Waals surface area contributed by atoms with Gasteiger partial charge in [0.15, 0.2) is 11.5 Å². The van der Waals surface area contributed by atoms with Gasteiger partial charge in [-0.3, -0.25) is 14.9 Å². The lowest BCUT2D eigenvalue weighted by Gasteiger charge is -2.10. The van der Waals surface area contributed by atoms with E-state index in [4.69, 9.17) is 21.1 Å². The molecule has 0 bridgehead atoms. The first-order chi connectivity index (χ1) is 11.5. The van der Waals surface area contributed by atoms with Gasteiger partial charge in [-0.1, -0.05) is 17.7 Å². The molecule has 8 heteroatoms. The molecule has 0 atom stereocenters. The number of carbonyl (C=O) groups excluding carboxylic acids is 1. The van der Waals surface area contributed by atoms with Crippen LogP contribution < -0.4 is 14.8 Å². The summed E-state index contributed by atoms with van der Waals surface area (Å²) in [6.45, 7) is 0.169. The van der Waals surface area contributed by atoms with Gasteiger partial charge in [0.2, 0.25) is 0 Å². The van der Waals surface area contributed by atoms with E-state index in [0.717, 1.165) is 5.56 Å². The lowest BCUT2D eigenvalue weighted by atomic mass is 10.1. The van der Waals surface area contributed by atoms with Gasteiger partial charge >= 0.3 is 0 Å². The van der Waals surface area contributed by atoms with E-state index in [1.807, 2.05) is 0 Å². The fourth-order valence-corrected chi connectivity index (χ4v) is 2.29. The number of nitrogens with zero attached hydrogens (tertiary/aromatic N) is 1. The van der Waals surface area contributed by atoms with Crippen LogP contribution in [0, 0.1) is 10.1 Å². The molecule has 7 nitrogen and oxygen atoms in total. The largest absolute Gasteiger partial charge is 0.493 e. The van der Waals surface area contributed by atoms with E-state index in [2.05, 4.69) is 5.32 Å². The van der Waals surface area contributed by atoms with Crippen molar-refractivity contribution in [2.45, 2.75) is 6.54 Å². The molecule has 2 aromatic carbocycles. The molecule has 0 saturated heterocycles. The standard InChI is InChI=1S/C16H15ClN2O5/c1-23-14-6-3-10(7-15(14)24-2)9-18-16(20)12-8-11(17)4-5-13(12)19(21)22/h3-8H,9H2,1-2H3,(H,18,20). The number of benzene rings is 2. The average molecular weight is 351 g/mol. The summed E-state index contributed by atoms with van der Waals surface area (Å²) >= 11 is 5.82. The molecular formula is C16H15ClN2O5. The Bertz CT molecular complexity index is 779. The first-order valence-corrected chi connectivity index (χ1v) is 7.27. The van der Waals surface area contributed by atoms with Crippen LogP contribution in [0.15, 0.2) is 36.4 Å². The van der Waals surface area contributed by atoms with Crippen molar-refractivity contribution in [3.05, 3.63) is 62.7 Å². The highest BCUT2D eigenvalue weighted by Crippen LogP contribution is 2.27. The monoisotopic (exact) mass is 350 g/mol. The molecule has 0 heterocycles. The number of nitro benzene ring substituents is 1. The third-order valence-electron chi connectivity index (χ3n) is 3.30. The van der Waals surface area contributed by atoms with Gasteiger partial charge in [0.25, 0.3) is 11.6 Å². The van der Waals surface area contributed by atoms with Gasteiger partial charge in [-0.15, -0.1) is 0 Å². The van der Waals surface area contributed by atoms with Crippen LogP contribution in [0.4, 0.5) is 5.69 Å². The summed E-state index contributed by atoms with van der Waals surface area (Å²) in [5.74, 6) is 0.509. The number of rotatable bonds is 6. The second kappa shape index (κ2) is 7.65. The number of nitrogens with one attached hydrogen (secondary N) is 1. The van der Waals surface area contributed by atoms with Crippen molar-refractivity contribution in [1.82, 2.24) is 5.32 Å². The smallest absolute Gasteiger partial charge is 0.282 e. The van der Waals surface area contributed by atoms with Crippen LogP contribution in [0.2, 0.25) is 5.02 Å². The minimum Gasteiger partial charge on any atom is -0.493 e. The summed E-state index contributed by atoms with van der Waals surface area (Å²) < 4.78 is 10.3. The molecule has 0 fully saturated rings. The molecule has 0 radical (unpaired) electrons. The molecule has 0 saturated carbocycles. The van der Waals surface area contributed by atoms with Gasteiger partial charge in [0, 0.05) is 17.6 Å². The number of amides is 1. The maximum atomic E-state index is 12.2. The predicted octanol–water partition coefficient (Wildman–Crippen LogP) is 3.20. The quantitative estimate of drug-likeness (QED) is 0.638. The third-order valence-corrected chi connectivity index (χ3v) is 3.54. The van der Waals surface area contributed by atoms with Gasteiger partial charge in [-0.25, -0.2) is 0 Å². The molecule has 0 unspecified atom stereocenters. The Morgan fingerprint density at radius 1 is 1.17 bits per heavy atom. The Morgan fingerprint density at radius 2 is 1.88 bits per heavy atom. The topological polar surface area (TPSA) is 90.7 Å². The lowest BCUT2D eigenvalue weighted by molar-refractivity contribution is -0.385. The van der Waals surface area contributed by atoms with Crippen LogP contribution in [0.25, 0.3) is 0 Å². The van der Waals surface area contributed by atoms with E-state index in [0.29, 0.717) is 11.5 Å². The zero-order chi connectivity index (χ0) is 17.7. The van der Waals surface area contributed by atoms with Crippen molar-refractivity contribution < 1.29 is 19.2 Å². The van der Waals surface area contributed by atoms with Crippen LogP contribution in [-0.2, 0) is 6.54 Å². The van der Waals surface area contributed by atoms with Gasteiger partial charge < -0.3 is 14.8 Å². The summed E-state index contributed by atoms with van der Waals surface area (Å²) in [7, 11) is 3.03. The molecular weight excluding hydrogens is 336 g/mol. The molecule has 2 rings (SSSR count). The Balaban J connectivity index is 2.17. The van der Waals surface area contributed by atoms with Crippen molar-refractivity contribution >= 4 is 23.2 Å². The number of carbonyl (C=O) groups is 1. The second-order valence-electron chi connectivity index (χ2n) is 4.79. The number of ether oxygens (including phenoxy) is 2. The Labute approximate surface area is 143 Å². The van der Waals surface area contributed by atoms with E-state index in [9.17, 15) is 14.9 Å². The van der Waals surface area contributed by atoms with Crippen molar-refractivity contribution in [2.24, 2.45) is 0 Å². The van der Waals surface area contributed by atoms with Crippen molar-refractivity contribution in [1.29, 1.82) is 0 Å². The van der Waals surface area contributed by atoms with E-state index in [-0.39, 0.29) is 22.8 Å². The summed E-state index contributed by atoms with van der Waals surface area (Å²) in [4.78, 5) is 22.6. The molecule has 0 aliphatic heterocycles. The van der Waals surface area contributed by atoms with Crippen LogP contribution >= 0.6 is 11.6 Å². The van der Waals surface area contributed by atoms with E-state index < -0.39 is 10.8 Å². The van der Waals surface area contributed by atoms with Crippen LogP contribution in [0.1, 0.15) is 15.9 Å². The Kier molecular flexibility index (Phi) is 5.59. The molecule has 1 N–H and O–H groups in total. The van der Waals surface area contributed by atoms with Gasteiger partial charge in [-0.2, -0.15) is 0 Å². The average Bonchev–Trinajstić information content (AvgIpc) is 2.58. The highest BCUT2D eigenvalue weighted by Gasteiger charge is 2.20. The summed E-state index contributed by atoms with van der Waals surface area (Å²) in [5, 5.41) is 13.9. The summed E-state index contributed by atoms with van der Waals surface area (Å²) in [6, 6.07) is 9.02. The molecule has 0 aliphatic carbocycles. The number of hydrogen-bond acceptors (Lipinski definition) is 5. The Hall–Kier alpha value is -2.80. The highest BCUT2D eigenvalue weighted by molar-refractivity contribution is 6.31. The molecule has 0 aromatic heterocycles. The van der Waals surface area contributed by atoms with Crippen LogP contribution in [-0.4, -0.2) is 25.1 Å². The fraction of sp³-hybridized carbons (Fsp3) is 0.188. The second-order valence-corrected chi connectivity index (χ2v) is 5.23. The van der Waals surface area contributed by atoms with Crippen LogP contribution in [0.5, 0.6) is 11.5 Å². The number of halogens is 1. The number of methoxy groups -OCH3 is 2. The predicted molar refractivity (Wildman–Crippen MR) is 88.8 cm³/mol. The molecule has 24 heavy (non-hydrogen) atoms. The lowest BCUT2D eigenvalue weighted by Crippen LogP contribution is -2.23. The number of nitro groups is 1. The van der Waals surface area contributed by atoms with Crippen molar-refractivity contribution in [2.75, 3.05) is 14.2 Å². The third kappa shape index (κ3) is 3.94. The van der Waals surface area contributed by atoms with Crippen molar-refractivity contribution in [3.63, 3.8) is 0 Å². The van der Waals surface area contributed by atoms with Crippen LogP contribution in [0.3, 0.4) is 0 Å². The maximum Gasteiger partial charge on any atom is 0.282 e. The highest BCUT2D eigenvalue weighted by atomic mass is 35.5. The normalized spacial score (nSPS) is 10.1. The molecule has 126 valence electrons. The van der Waals surface area contributed by atoms with Gasteiger partial charge in [-0.05, 0) is 29.8 Å². The molecule has 0 aliphatic rings. The SMILES string of the molecule is COc1ccc(CNC(=O)c2cc(Cl)ccc2[N+](=O)[O-])cc1OC. The minimum atomic E-state index is -0.623. The van der Waals surface area contributed by atoms with E-state index in [1.165, 1.54) is 32.4 Å². The molecule has 2 aromatic rings. The maximum absolute atomic E-state index is 12.2. The summed E-state index contributed by atoms with van der Waals surface area (Å²) in [6.07, 6.45) is 0. The molecule has 1 amide bonds. The summed E-state index contributed by atoms with van der Waals surface area (Å²) in [5.41, 5.74) is 0.364. The fourth-order valence-electron chi connectivity index (χ4n) is 2.12.